The molecule has 222 valence electrons. The summed E-state index contributed by atoms with van der Waals surface area (Å²) < 4.78 is 105. The molecule has 1 saturated carbocycles. The molecule has 14 heteroatoms. The highest BCUT2D eigenvalue weighted by atomic mass is 35.5. The van der Waals surface area contributed by atoms with Crippen LogP contribution in [0.15, 0.2) is 59.9 Å². The van der Waals surface area contributed by atoms with Gasteiger partial charge in [-0.15, -0.1) is 0 Å². The van der Waals surface area contributed by atoms with Crippen LogP contribution in [0.25, 0.3) is 0 Å². The summed E-state index contributed by atoms with van der Waals surface area (Å²) in [5.74, 6) is -1.98. The minimum atomic E-state index is -4.51. The second kappa shape index (κ2) is 13.6. The van der Waals surface area contributed by atoms with Crippen molar-refractivity contribution in [2.24, 2.45) is 0 Å². The molecule has 3 atom stereocenters. The summed E-state index contributed by atoms with van der Waals surface area (Å²) in [7, 11) is -2.76. The predicted octanol–water partition coefficient (Wildman–Crippen LogP) is 5.64. The van der Waals surface area contributed by atoms with Gasteiger partial charge in [-0.3, -0.25) is 4.79 Å². The lowest BCUT2D eigenvalue weighted by Gasteiger charge is -2.41. The summed E-state index contributed by atoms with van der Waals surface area (Å²) in [6, 6.07) is 7.03. The van der Waals surface area contributed by atoms with Crippen molar-refractivity contribution in [2.45, 2.75) is 54.1 Å². The van der Waals surface area contributed by atoms with Crippen molar-refractivity contribution < 1.29 is 40.0 Å². The molecule has 1 aliphatic rings. The van der Waals surface area contributed by atoms with Crippen LogP contribution >= 0.6 is 11.6 Å². The number of hydrogen-bond donors (Lipinski definition) is 2. The van der Waals surface area contributed by atoms with Crippen molar-refractivity contribution >= 4 is 33.6 Å². The number of benzene rings is 2. The van der Waals surface area contributed by atoms with Crippen molar-refractivity contribution in [1.82, 2.24) is 14.9 Å². The van der Waals surface area contributed by atoms with Crippen molar-refractivity contribution in [3.05, 3.63) is 82.6 Å². The van der Waals surface area contributed by atoms with Crippen molar-refractivity contribution in [3.8, 4) is 0 Å². The Hall–Kier alpha value is -3.29. The van der Waals surface area contributed by atoms with Crippen LogP contribution in [0.1, 0.15) is 46.1 Å². The molecule has 8 nitrogen and oxygen atoms in total. The molecule has 1 aromatic heterocycles. The van der Waals surface area contributed by atoms with E-state index in [2.05, 4.69) is 15.3 Å². The molecule has 1 aliphatic carbocycles. The number of carboxylic acid groups (broad SMARTS) is 1. The van der Waals surface area contributed by atoms with Crippen LogP contribution in [0.3, 0.4) is 0 Å². The van der Waals surface area contributed by atoms with Crippen LogP contribution in [-0.2, 0) is 26.6 Å². The molecule has 1 fully saturated rings. The van der Waals surface area contributed by atoms with Gasteiger partial charge in [-0.2, -0.15) is 13.2 Å². The fourth-order valence-electron chi connectivity index (χ4n) is 4.77. The fourth-order valence-corrected chi connectivity index (χ4v) is 6.42. The molecule has 3 aromatic rings. The third kappa shape index (κ3) is 8.37. The van der Waals surface area contributed by atoms with Gasteiger partial charge in [-0.1, -0.05) is 29.8 Å². The van der Waals surface area contributed by atoms with E-state index in [1.54, 1.807) is 6.07 Å². The maximum Gasteiger partial charge on any atom is 0.416 e. The summed E-state index contributed by atoms with van der Waals surface area (Å²) >= 11 is 6.38. The van der Waals surface area contributed by atoms with Crippen LogP contribution in [0, 0.1) is 5.82 Å². The van der Waals surface area contributed by atoms with E-state index in [-0.39, 0.29) is 35.2 Å². The van der Waals surface area contributed by atoms with Crippen LogP contribution in [0.5, 0.6) is 0 Å². The molecule has 2 aromatic carbocycles. The number of anilines is 1. The standard InChI is InChI=1S/C26H27ClF4N4O2S.CH2O2/c1-35(2)24-11-17(16-4-3-5-18(10-16)26(29,30)31)6-7-22(24)34-23-13-21(28)25(12-20(23)27)38(36,37)14-19-8-9-32-15-33-19;2-1-3/h3-5,8-10,12-13,15,17,22,24,34H,6-7,11,14H2,1-2H3;1H,(H,2,3)/t17-,22-,24-;/m0./s1/i1D3;. The van der Waals surface area contributed by atoms with E-state index in [1.807, 2.05) is 0 Å². The second-order valence-electron chi connectivity index (χ2n) is 9.39. The molecule has 0 aliphatic heterocycles. The summed E-state index contributed by atoms with van der Waals surface area (Å²) in [6.45, 7) is -2.77. The van der Waals surface area contributed by atoms with E-state index in [4.69, 9.17) is 25.6 Å². The summed E-state index contributed by atoms with van der Waals surface area (Å²) in [5.41, 5.74) is -0.0973. The van der Waals surface area contributed by atoms with Gasteiger partial charge in [-0.25, -0.2) is 22.8 Å². The lowest BCUT2D eigenvalue weighted by atomic mass is 9.78. The van der Waals surface area contributed by atoms with Gasteiger partial charge in [0.15, 0.2) is 9.84 Å². The number of alkyl halides is 3. The van der Waals surface area contributed by atoms with E-state index >= 15 is 4.39 Å². The van der Waals surface area contributed by atoms with Gasteiger partial charge in [0.1, 0.15) is 17.0 Å². The lowest BCUT2D eigenvalue weighted by molar-refractivity contribution is -0.137. The molecular weight excluding hydrogens is 588 g/mol. The van der Waals surface area contributed by atoms with Crippen molar-refractivity contribution in [1.29, 1.82) is 0 Å². The first-order valence-electron chi connectivity index (χ1n) is 13.7. The third-order valence-electron chi connectivity index (χ3n) is 6.68. The van der Waals surface area contributed by atoms with Gasteiger partial charge in [-0.05, 0) is 69.0 Å². The Morgan fingerprint density at radius 2 is 1.98 bits per heavy atom. The highest BCUT2D eigenvalue weighted by Crippen LogP contribution is 2.39. The first-order chi connectivity index (χ1) is 20.5. The monoisotopic (exact) mass is 619 g/mol. The molecule has 2 N–H and O–H groups in total. The number of aromatic nitrogens is 2. The number of nitrogens with zero attached hydrogens (tertiary/aromatic N) is 3. The molecule has 0 radical (unpaired) electrons. The van der Waals surface area contributed by atoms with Gasteiger partial charge >= 0.3 is 6.18 Å². The number of rotatable bonds is 7. The number of carbonyl (C=O) groups is 1. The molecule has 41 heavy (non-hydrogen) atoms. The van der Waals surface area contributed by atoms with E-state index in [0.29, 0.717) is 18.4 Å². The predicted molar refractivity (Wildman–Crippen MR) is 146 cm³/mol. The largest absolute Gasteiger partial charge is 0.483 e. The van der Waals surface area contributed by atoms with Gasteiger partial charge in [0.25, 0.3) is 6.47 Å². The Morgan fingerprint density at radius 1 is 1.24 bits per heavy atom. The zero-order valence-corrected chi connectivity index (χ0v) is 23.2. The van der Waals surface area contributed by atoms with Crippen LogP contribution in [-0.4, -0.2) is 61.0 Å². The fraction of sp³-hybridized carbons (Fsp3) is 0.370. The Morgan fingerprint density at radius 3 is 2.61 bits per heavy atom. The highest BCUT2D eigenvalue weighted by Gasteiger charge is 2.35. The van der Waals surface area contributed by atoms with E-state index in [1.165, 1.54) is 31.7 Å². The summed E-state index contributed by atoms with van der Waals surface area (Å²) in [4.78, 5) is 16.5. The first kappa shape index (κ1) is 27.9. The Balaban J connectivity index is 0.00000169. The smallest absolute Gasteiger partial charge is 0.416 e. The highest BCUT2D eigenvalue weighted by molar-refractivity contribution is 7.90. The zero-order valence-electron chi connectivity index (χ0n) is 24.6. The zero-order chi connectivity index (χ0) is 32.9. The maximum atomic E-state index is 15.1. The Kier molecular flexibility index (Phi) is 9.23. The molecular formula is C27H29ClF4N4O4S. The topological polar surface area (TPSA) is 112 Å². The van der Waals surface area contributed by atoms with Crippen molar-refractivity contribution in [3.63, 3.8) is 0 Å². The van der Waals surface area contributed by atoms with Crippen molar-refractivity contribution in [2.75, 3.05) is 19.3 Å². The van der Waals surface area contributed by atoms with Crippen LogP contribution < -0.4 is 5.32 Å². The quantitative estimate of drug-likeness (QED) is 0.258. The third-order valence-corrected chi connectivity index (χ3v) is 8.65. The molecule has 0 spiro atoms. The lowest BCUT2D eigenvalue weighted by Crippen LogP contribution is -2.47. The average Bonchev–Trinajstić information content (AvgIpc) is 2.94. The van der Waals surface area contributed by atoms with Crippen LogP contribution in [0.2, 0.25) is 5.02 Å². The normalized spacial score (nSPS) is 20.7. The first-order valence-corrected chi connectivity index (χ1v) is 14.2. The Labute approximate surface area is 244 Å². The minimum Gasteiger partial charge on any atom is -0.483 e. The van der Waals surface area contributed by atoms with Crippen LogP contribution in [0.4, 0.5) is 23.2 Å². The SMILES string of the molecule is O=CO.[2H]C([2H])([2H])N(C)[C@H]1C[C@@H](c2cccc(C(F)(F)F)c2)CC[C@@H]1Nc1cc(F)c(S(=O)(=O)Cc2ccncn2)cc1Cl. The van der Waals surface area contributed by atoms with E-state index < -0.39 is 57.1 Å². The van der Waals surface area contributed by atoms with Gasteiger partial charge in [0, 0.05) is 22.4 Å². The number of likely N-dealkylation sites (N-methyl/N-ethyl adjacent to an activating group) is 1. The second-order valence-corrected chi connectivity index (χ2v) is 11.8. The van der Waals surface area contributed by atoms with Gasteiger partial charge in [0.2, 0.25) is 0 Å². The Bertz CT molecular complexity index is 1550. The number of nitrogens with one attached hydrogen (secondary N) is 1. The molecule has 0 amide bonds. The molecule has 1 heterocycles. The van der Waals surface area contributed by atoms with Gasteiger partial charge < -0.3 is 15.3 Å². The molecule has 0 saturated heterocycles. The van der Waals surface area contributed by atoms with Gasteiger partial charge in [0.05, 0.1) is 27.7 Å². The number of halogens is 5. The van der Waals surface area contributed by atoms with E-state index in [0.717, 1.165) is 29.2 Å². The molecule has 4 rings (SSSR count). The number of hydrogen-bond acceptors (Lipinski definition) is 7. The minimum absolute atomic E-state index is 0.0663. The average molecular weight is 620 g/mol. The van der Waals surface area contributed by atoms with E-state index in [9.17, 15) is 21.6 Å². The maximum absolute atomic E-state index is 15.1. The summed E-state index contributed by atoms with van der Waals surface area (Å²) in [6.07, 6.45) is -1.01. The molecule has 0 unspecified atom stereocenters. The molecule has 0 bridgehead atoms. The summed E-state index contributed by atoms with van der Waals surface area (Å²) in [5, 5.41) is 9.86. The number of sulfone groups is 1.